The van der Waals surface area contributed by atoms with Crippen molar-refractivity contribution in [2.75, 3.05) is 5.73 Å². The summed E-state index contributed by atoms with van der Waals surface area (Å²) in [5.74, 6) is -0.440. The van der Waals surface area contributed by atoms with Crippen LogP contribution in [0.4, 0.5) is 5.95 Å². The zero-order valence-corrected chi connectivity index (χ0v) is 10.5. The van der Waals surface area contributed by atoms with Gasteiger partial charge in [0.1, 0.15) is 11.8 Å². The Morgan fingerprint density at radius 3 is 2.89 bits per heavy atom. The lowest BCUT2D eigenvalue weighted by Crippen LogP contribution is -2.16. The van der Waals surface area contributed by atoms with E-state index in [1.165, 1.54) is 13.1 Å². The minimum absolute atomic E-state index is 0.0217. The van der Waals surface area contributed by atoms with E-state index in [0.29, 0.717) is 12.1 Å². The van der Waals surface area contributed by atoms with Gasteiger partial charge in [0, 0.05) is 6.92 Å². The van der Waals surface area contributed by atoms with Crippen LogP contribution in [0.3, 0.4) is 0 Å². The first-order chi connectivity index (χ1) is 9.01. The highest BCUT2D eigenvalue weighted by atomic mass is 16.5. The molecule has 0 fully saturated rings. The lowest BCUT2D eigenvalue weighted by atomic mass is 10.2. The molecule has 0 aliphatic rings. The number of rotatable bonds is 3. The Balaban J connectivity index is 2.51. The molecule has 0 aromatic carbocycles. The first-order valence-corrected chi connectivity index (χ1v) is 5.71. The summed E-state index contributed by atoms with van der Waals surface area (Å²) in [4.78, 5) is 37.0. The minimum atomic E-state index is -0.536. The van der Waals surface area contributed by atoms with Gasteiger partial charge >= 0.3 is 5.97 Å². The van der Waals surface area contributed by atoms with Gasteiger partial charge in [0.2, 0.25) is 5.95 Å². The fraction of sp³-hybridized carbons (Fsp3) is 0.364. The van der Waals surface area contributed by atoms with E-state index in [1.807, 2.05) is 6.92 Å². The van der Waals surface area contributed by atoms with Gasteiger partial charge in [-0.05, 0) is 6.42 Å². The van der Waals surface area contributed by atoms with Crippen LogP contribution in [0.5, 0.6) is 0 Å². The molecule has 0 amide bonds. The quantitative estimate of drug-likeness (QED) is 0.763. The normalized spacial score (nSPS) is 12.3. The van der Waals surface area contributed by atoms with Gasteiger partial charge in [-0.3, -0.25) is 14.6 Å². The molecule has 8 nitrogen and oxygen atoms in total. The molecule has 0 bridgehead atoms. The van der Waals surface area contributed by atoms with Crippen molar-refractivity contribution in [2.24, 2.45) is 0 Å². The lowest BCUT2D eigenvalue weighted by Gasteiger charge is -2.14. The maximum absolute atomic E-state index is 11.7. The number of ether oxygens (including phenoxy) is 1. The van der Waals surface area contributed by atoms with E-state index in [-0.39, 0.29) is 17.1 Å². The Labute approximate surface area is 108 Å². The van der Waals surface area contributed by atoms with Crippen molar-refractivity contribution in [1.82, 2.24) is 19.9 Å². The molecule has 0 saturated carbocycles. The van der Waals surface area contributed by atoms with Crippen molar-refractivity contribution >= 4 is 23.1 Å². The van der Waals surface area contributed by atoms with Crippen LogP contribution < -0.4 is 11.3 Å². The van der Waals surface area contributed by atoms with Crippen LogP contribution in [0.1, 0.15) is 32.1 Å². The van der Waals surface area contributed by atoms with Crippen molar-refractivity contribution in [3.63, 3.8) is 0 Å². The number of carbonyl (C=O) groups is 1. The zero-order valence-electron chi connectivity index (χ0n) is 10.5. The summed E-state index contributed by atoms with van der Waals surface area (Å²) >= 11 is 0. The number of carbonyl (C=O) groups excluding carboxylic acids is 1. The van der Waals surface area contributed by atoms with E-state index < -0.39 is 17.6 Å². The maximum Gasteiger partial charge on any atom is 0.303 e. The van der Waals surface area contributed by atoms with Gasteiger partial charge in [0.25, 0.3) is 5.56 Å². The highest BCUT2D eigenvalue weighted by Gasteiger charge is 2.16. The van der Waals surface area contributed by atoms with Crippen LogP contribution in [0.15, 0.2) is 11.0 Å². The van der Waals surface area contributed by atoms with Crippen LogP contribution >= 0.6 is 0 Å². The number of hydrogen-bond acceptors (Lipinski definition) is 7. The van der Waals surface area contributed by atoms with E-state index in [4.69, 9.17) is 10.5 Å². The molecule has 0 aliphatic heterocycles. The van der Waals surface area contributed by atoms with E-state index >= 15 is 0 Å². The summed E-state index contributed by atoms with van der Waals surface area (Å²) in [7, 11) is 0. The summed E-state index contributed by atoms with van der Waals surface area (Å²) in [5, 5.41) is 0. The van der Waals surface area contributed by atoms with Gasteiger partial charge in [-0.1, -0.05) is 6.92 Å². The Kier molecular flexibility index (Phi) is 3.41. The summed E-state index contributed by atoms with van der Waals surface area (Å²) in [6.45, 7) is 3.15. The monoisotopic (exact) mass is 263 g/mol. The maximum atomic E-state index is 11.7. The Morgan fingerprint density at radius 1 is 1.53 bits per heavy atom. The molecule has 1 atom stereocenters. The predicted octanol–water partition coefficient (Wildman–Crippen LogP) is 0.310. The second kappa shape index (κ2) is 5.01. The number of anilines is 1. The lowest BCUT2D eigenvalue weighted by molar-refractivity contribution is -0.147. The summed E-state index contributed by atoms with van der Waals surface area (Å²) in [6.07, 6.45) is 1.41. The number of nitrogens with one attached hydrogen (secondary N) is 1. The number of nitrogen functional groups attached to an aromatic ring is 1. The molecule has 19 heavy (non-hydrogen) atoms. The molecule has 0 aliphatic carbocycles. The van der Waals surface area contributed by atoms with Crippen molar-refractivity contribution in [1.29, 1.82) is 0 Å². The number of aromatic amines is 1. The van der Waals surface area contributed by atoms with Crippen LogP contribution in [0.2, 0.25) is 0 Å². The smallest absolute Gasteiger partial charge is 0.303 e. The van der Waals surface area contributed by atoms with Crippen LogP contribution in [0, 0.1) is 0 Å². The van der Waals surface area contributed by atoms with Gasteiger partial charge in [-0.15, -0.1) is 0 Å². The number of H-pyrrole nitrogens is 1. The topological polar surface area (TPSA) is 124 Å². The van der Waals surface area contributed by atoms with Crippen LogP contribution in [-0.2, 0) is 9.53 Å². The molecular formula is C11H13N5O3. The number of nitrogens with zero attached hydrogens (tertiary/aromatic N) is 3. The zero-order chi connectivity index (χ0) is 14.0. The number of hydrogen-bond donors (Lipinski definition) is 2. The number of fused-ring (bicyclic) bond motifs is 1. The first-order valence-electron chi connectivity index (χ1n) is 5.71. The van der Waals surface area contributed by atoms with Gasteiger partial charge in [0.05, 0.1) is 6.20 Å². The molecule has 2 heterocycles. The van der Waals surface area contributed by atoms with Gasteiger partial charge in [-0.25, -0.2) is 9.97 Å². The van der Waals surface area contributed by atoms with Crippen LogP contribution in [0.25, 0.3) is 11.2 Å². The fourth-order valence-electron chi connectivity index (χ4n) is 1.66. The molecule has 0 saturated heterocycles. The molecule has 0 radical (unpaired) electrons. The Morgan fingerprint density at radius 2 is 2.26 bits per heavy atom. The molecule has 2 aromatic heterocycles. The third kappa shape index (κ3) is 2.67. The second-order valence-electron chi connectivity index (χ2n) is 3.92. The number of esters is 1. The standard InChI is InChI=1S/C11H13N5O3/c1-3-7(19-5(2)17)6-4-13-9-8(14-6)10(18)16-11(12)15-9/h4,7H,3H2,1-2H3,(H3,12,13,15,16,18). The summed E-state index contributed by atoms with van der Waals surface area (Å²) in [5.41, 5.74) is 5.56. The number of aromatic nitrogens is 4. The second-order valence-corrected chi connectivity index (χ2v) is 3.92. The molecule has 0 spiro atoms. The molecular weight excluding hydrogens is 250 g/mol. The van der Waals surface area contributed by atoms with E-state index in [2.05, 4.69) is 19.9 Å². The Hall–Kier alpha value is -2.51. The van der Waals surface area contributed by atoms with Crippen LogP contribution in [-0.4, -0.2) is 25.9 Å². The van der Waals surface area contributed by atoms with E-state index in [1.54, 1.807) is 0 Å². The molecule has 2 rings (SSSR count). The average molecular weight is 263 g/mol. The molecule has 3 N–H and O–H groups in total. The average Bonchev–Trinajstić information content (AvgIpc) is 2.35. The fourth-order valence-corrected chi connectivity index (χ4v) is 1.66. The molecule has 8 heteroatoms. The predicted molar refractivity (Wildman–Crippen MR) is 67.2 cm³/mol. The van der Waals surface area contributed by atoms with Crippen molar-refractivity contribution in [2.45, 2.75) is 26.4 Å². The summed E-state index contributed by atoms with van der Waals surface area (Å²) in [6, 6.07) is 0. The van der Waals surface area contributed by atoms with Crippen molar-refractivity contribution in [3.8, 4) is 0 Å². The molecule has 2 aromatic rings. The third-order valence-corrected chi connectivity index (χ3v) is 2.46. The van der Waals surface area contributed by atoms with Gasteiger partial charge in [0.15, 0.2) is 11.2 Å². The minimum Gasteiger partial charge on any atom is -0.456 e. The molecule has 1 unspecified atom stereocenters. The summed E-state index contributed by atoms with van der Waals surface area (Å²) < 4.78 is 5.10. The first kappa shape index (κ1) is 12.9. The van der Waals surface area contributed by atoms with Crippen molar-refractivity contribution in [3.05, 3.63) is 22.2 Å². The number of nitrogens with two attached hydrogens (primary N) is 1. The highest BCUT2D eigenvalue weighted by molar-refractivity contribution is 5.69. The van der Waals surface area contributed by atoms with Gasteiger partial charge in [-0.2, -0.15) is 4.98 Å². The molecule has 100 valence electrons. The third-order valence-electron chi connectivity index (χ3n) is 2.46. The SMILES string of the molecule is CCC(OC(C)=O)c1cnc2nc(N)[nH]c(=O)c2n1. The highest BCUT2D eigenvalue weighted by Crippen LogP contribution is 2.19. The van der Waals surface area contributed by atoms with E-state index in [0.717, 1.165) is 0 Å². The van der Waals surface area contributed by atoms with Gasteiger partial charge < -0.3 is 10.5 Å². The Bertz CT molecular complexity index is 682. The van der Waals surface area contributed by atoms with E-state index in [9.17, 15) is 9.59 Å². The van der Waals surface area contributed by atoms with Crippen molar-refractivity contribution < 1.29 is 9.53 Å². The largest absolute Gasteiger partial charge is 0.456 e.